The average Bonchev–Trinajstić information content (AvgIpc) is 3.25. The third kappa shape index (κ3) is 3.46. The number of halogens is 1. The molecule has 1 atom stereocenters. The van der Waals surface area contributed by atoms with E-state index in [1.165, 1.54) is 18.5 Å². The predicted molar refractivity (Wildman–Crippen MR) is 92.5 cm³/mol. The zero-order valence-electron chi connectivity index (χ0n) is 14.1. The predicted octanol–water partition coefficient (Wildman–Crippen LogP) is 2.38. The van der Waals surface area contributed by atoms with Crippen molar-refractivity contribution in [2.24, 2.45) is 0 Å². The van der Waals surface area contributed by atoms with Crippen LogP contribution in [0.4, 0.5) is 4.39 Å². The maximum atomic E-state index is 13.1. The van der Waals surface area contributed by atoms with E-state index >= 15 is 0 Å². The first kappa shape index (κ1) is 16.4. The normalized spacial score (nSPS) is 17.0. The molecule has 0 radical (unpaired) electrons. The van der Waals surface area contributed by atoms with Gasteiger partial charge in [0.15, 0.2) is 0 Å². The van der Waals surface area contributed by atoms with Gasteiger partial charge in [-0.15, -0.1) is 0 Å². The van der Waals surface area contributed by atoms with Crippen molar-refractivity contribution in [1.29, 1.82) is 0 Å². The monoisotopic (exact) mass is 351 g/mol. The van der Waals surface area contributed by atoms with Gasteiger partial charge in [0.05, 0.1) is 6.54 Å². The third-order valence-electron chi connectivity index (χ3n) is 4.59. The lowest BCUT2D eigenvalue weighted by Gasteiger charge is -2.16. The largest absolute Gasteiger partial charge is 0.338 e. The van der Waals surface area contributed by atoms with Gasteiger partial charge in [-0.2, -0.15) is 5.10 Å². The summed E-state index contributed by atoms with van der Waals surface area (Å²) in [6, 6.07) is 10.2. The summed E-state index contributed by atoms with van der Waals surface area (Å²) in [5.74, 6) is 0.649. The molecule has 1 aliphatic rings. The quantitative estimate of drug-likeness (QED) is 0.708. The maximum Gasteiger partial charge on any atom is 0.223 e. The van der Waals surface area contributed by atoms with Gasteiger partial charge < -0.3 is 4.90 Å². The number of hydrogen-bond acceptors (Lipinski definition) is 4. The SMILES string of the molecule is O=C1C[C@H](c2ncnn2Cc2ccc(F)cc2)CN1Cc1ccncc1. The van der Waals surface area contributed by atoms with Crippen molar-refractivity contribution in [3.63, 3.8) is 0 Å². The number of hydrogen-bond donors (Lipinski definition) is 0. The fourth-order valence-corrected chi connectivity index (χ4v) is 3.28. The molecule has 7 heteroatoms. The molecule has 26 heavy (non-hydrogen) atoms. The van der Waals surface area contributed by atoms with Gasteiger partial charge in [-0.05, 0) is 35.4 Å². The number of pyridine rings is 1. The highest BCUT2D eigenvalue weighted by Crippen LogP contribution is 2.28. The molecular formula is C19H18FN5O. The Hall–Kier alpha value is -3.09. The first-order valence-corrected chi connectivity index (χ1v) is 8.48. The summed E-state index contributed by atoms with van der Waals surface area (Å²) in [5.41, 5.74) is 2.00. The summed E-state index contributed by atoms with van der Waals surface area (Å²) in [6.07, 6.45) is 5.39. The van der Waals surface area contributed by atoms with E-state index in [1.54, 1.807) is 29.2 Å². The van der Waals surface area contributed by atoms with E-state index in [4.69, 9.17) is 0 Å². The van der Waals surface area contributed by atoms with Gasteiger partial charge in [0.2, 0.25) is 5.91 Å². The van der Waals surface area contributed by atoms with E-state index in [9.17, 15) is 9.18 Å². The van der Waals surface area contributed by atoms with Crippen LogP contribution >= 0.6 is 0 Å². The van der Waals surface area contributed by atoms with E-state index < -0.39 is 0 Å². The van der Waals surface area contributed by atoms with Gasteiger partial charge in [0.1, 0.15) is 18.0 Å². The Morgan fingerprint density at radius 2 is 1.77 bits per heavy atom. The van der Waals surface area contributed by atoms with E-state index in [-0.39, 0.29) is 17.6 Å². The topological polar surface area (TPSA) is 63.9 Å². The minimum absolute atomic E-state index is 0.00675. The van der Waals surface area contributed by atoms with Crippen LogP contribution in [0, 0.1) is 5.82 Å². The minimum atomic E-state index is -0.263. The average molecular weight is 351 g/mol. The smallest absolute Gasteiger partial charge is 0.223 e. The van der Waals surface area contributed by atoms with Crippen molar-refractivity contribution in [2.45, 2.75) is 25.4 Å². The molecule has 0 spiro atoms. The van der Waals surface area contributed by atoms with Crippen LogP contribution in [0.1, 0.15) is 29.3 Å². The van der Waals surface area contributed by atoms with Crippen LogP contribution in [-0.2, 0) is 17.9 Å². The molecule has 6 nitrogen and oxygen atoms in total. The molecule has 1 saturated heterocycles. The molecular weight excluding hydrogens is 333 g/mol. The summed E-state index contributed by atoms with van der Waals surface area (Å²) in [5, 5.41) is 4.29. The second-order valence-corrected chi connectivity index (χ2v) is 6.43. The number of carbonyl (C=O) groups is 1. The molecule has 3 heterocycles. The summed E-state index contributed by atoms with van der Waals surface area (Å²) < 4.78 is 14.9. The molecule has 3 aromatic rings. The summed E-state index contributed by atoms with van der Waals surface area (Å²) >= 11 is 0. The third-order valence-corrected chi connectivity index (χ3v) is 4.59. The lowest BCUT2D eigenvalue weighted by molar-refractivity contribution is -0.128. The molecule has 4 rings (SSSR count). The van der Waals surface area contributed by atoms with Gasteiger partial charge in [-0.25, -0.2) is 14.1 Å². The fraction of sp³-hybridized carbons (Fsp3) is 0.263. The number of aromatic nitrogens is 4. The second-order valence-electron chi connectivity index (χ2n) is 6.43. The Morgan fingerprint density at radius 3 is 2.54 bits per heavy atom. The van der Waals surface area contributed by atoms with Gasteiger partial charge in [-0.1, -0.05) is 12.1 Å². The van der Waals surface area contributed by atoms with E-state index in [1.807, 2.05) is 17.0 Å². The van der Waals surface area contributed by atoms with Crippen LogP contribution in [0.5, 0.6) is 0 Å². The molecule has 0 unspecified atom stereocenters. The number of carbonyl (C=O) groups excluding carboxylic acids is 1. The highest BCUT2D eigenvalue weighted by Gasteiger charge is 2.33. The van der Waals surface area contributed by atoms with Crippen molar-refractivity contribution < 1.29 is 9.18 Å². The molecule has 132 valence electrons. The minimum Gasteiger partial charge on any atom is -0.338 e. The Morgan fingerprint density at radius 1 is 1.04 bits per heavy atom. The first-order chi connectivity index (χ1) is 12.7. The summed E-state index contributed by atoms with van der Waals surface area (Å²) in [4.78, 5) is 22.6. The lowest BCUT2D eigenvalue weighted by atomic mass is 10.1. The molecule has 1 aliphatic heterocycles. The van der Waals surface area contributed by atoms with Gasteiger partial charge >= 0.3 is 0 Å². The zero-order valence-corrected chi connectivity index (χ0v) is 14.1. The van der Waals surface area contributed by atoms with Crippen LogP contribution in [0.25, 0.3) is 0 Å². The van der Waals surface area contributed by atoms with E-state index in [0.29, 0.717) is 26.1 Å². The molecule has 0 aliphatic carbocycles. The van der Waals surface area contributed by atoms with Crippen molar-refractivity contribution in [3.8, 4) is 0 Å². The highest BCUT2D eigenvalue weighted by molar-refractivity contribution is 5.79. The standard InChI is InChI=1S/C19H18FN5O/c20-17-3-1-14(2-4-17)11-25-19(22-13-23-25)16-9-18(26)24(12-16)10-15-5-7-21-8-6-15/h1-8,13,16H,9-12H2/t16-/m0/s1. The van der Waals surface area contributed by atoms with Crippen LogP contribution < -0.4 is 0 Å². The highest BCUT2D eigenvalue weighted by atomic mass is 19.1. The van der Waals surface area contributed by atoms with Crippen LogP contribution in [0.2, 0.25) is 0 Å². The van der Waals surface area contributed by atoms with Crippen molar-refractivity contribution >= 4 is 5.91 Å². The molecule has 1 fully saturated rings. The first-order valence-electron chi connectivity index (χ1n) is 8.48. The summed E-state index contributed by atoms with van der Waals surface area (Å²) in [7, 11) is 0. The molecule has 0 saturated carbocycles. The Balaban J connectivity index is 1.48. The number of benzene rings is 1. The Bertz CT molecular complexity index is 894. The fourth-order valence-electron chi connectivity index (χ4n) is 3.28. The van der Waals surface area contributed by atoms with Crippen molar-refractivity contribution in [1.82, 2.24) is 24.6 Å². The molecule has 2 aromatic heterocycles. The second kappa shape index (κ2) is 7.03. The van der Waals surface area contributed by atoms with Crippen LogP contribution in [0.15, 0.2) is 55.1 Å². The van der Waals surface area contributed by atoms with E-state index in [2.05, 4.69) is 15.1 Å². The van der Waals surface area contributed by atoms with E-state index in [0.717, 1.165) is 17.0 Å². The van der Waals surface area contributed by atoms with Crippen LogP contribution in [-0.4, -0.2) is 37.1 Å². The molecule has 1 aromatic carbocycles. The summed E-state index contributed by atoms with van der Waals surface area (Å²) in [6.45, 7) is 1.69. The van der Waals surface area contributed by atoms with Crippen LogP contribution in [0.3, 0.4) is 0 Å². The lowest BCUT2D eigenvalue weighted by Crippen LogP contribution is -2.24. The molecule has 0 bridgehead atoms. The molecule has 1 amide bonds. The number of rotatable bonds is 5. The zero-order chi connectivity index (χ0) is 17.9. The number of nitrogens with zero attached hydrogens (tertiary/aromatic N) is 5. The van der Waals surface area contributed by atoms with Gasteiger partial charge in [0, 0.05) is 37.8 Å². The molecule has 0 N–H and O–H groups in total. The van der Waals surface area contributed by atoms with Crippen molar-refractivity contribution in [2.75, 3.05) is 6.54 Å². The van der Waals surface area contributed by atoms with Gasteiger partial charge in [0.25, 0.3) is 0 Å². The maximum absolute atomic E-state index is 13.1. The number of likely N-dealkylation sites (tertiary alicyclic amines) is 1. The Labute approximate surface area is 150 Å². The van der Waals surface area contributed by atoms with Crippen molar-refractivity contribution in [3.05, 3.63) is 77.9 Å². The Kier molecular flexibility index (Phi) is 4.43. The number of amides is 1. The van der Waals surface area contributed by atoms with Gasteiger partial charge in [-0.3, -0.25) is 9.78 Å².